The summed E-state index contributed by atoms with van der Waals surface area (Å²) in [6, 6.07) is 8.92. The first-order chi connectivity index (χ1) is 9.58. The number of Topliss-reactive ketones (excluding diaryl/α,β-unsaturated/α-hetero) is 1. The van der Waals surface area contributed by atoms with Gasteiger partial charge in [-0.3, -0.25) is 9.69 Å². The van der Waals surface area contributed by atoms with Gasteiger partial charge in [-0.25, -0.2) is 0 Å². The Kier molecular flexibility index (Phi) is 4.89. The molecule has 106 valence electrons. The third-order valence-corrected chi connectivity index (χ3v) is 3.81. The molecule has 20 heavy (non-hydrogen) atoms. The Balaban J connectivity index is 1.85. The zero-order valence-electron chi connectivity index (χ0n) is 12.2. The average Bonchev–Trinajstić information content (AvgIpc) is 2.84. The van der Waals surface area contributed by atoms with Gasteiger partial charge in [0.15, 0.2) is 5.78 Å². The lowest BCUT2D eigenvalue weighted by Gasteiger charge is -2.20. The van der Waals surface area contributed by atoms with E-state index in [0.29, 0.717) is 23.6 Å². The van der Waals surface area contributed by atoms with E-state index in [1.807, 2.05) is 7.05 Å². The number of carbonyl (C=O) groups is 1. The van der Waals surface area contributed by atoms with Crippen LogP contribution in [0.5, 0.6) is 0 Å². The quantitative estimate of drug-likeness (QED) is 0.764. The second kappa shape index (κ2) is 6.65. The van der Waals surface area contributed by atoms with Crippen LogP contribution < -0.4 is 0 Å². The van der Waals surface area contributed by atoms with Gasteiger partial charge in [0.05, 0.1) is 18.2 Å². The Hall–Kier alpha value is -1.70. The van der Waals surface area contributed by atoms with Crippen molar-refractivity contribution in [2.75, 3.05) is 40.3 Å². The highest BCUT2D eigenvalue weighted by Crippen LogP contribution is 2.15. The minimum absolute atomic E-state index is 0.114. The summed E-state index contributed by atoms with van der Waals surface area (Å²) in [6.07, 6.45) is 1.21. The molecule has 1 aliphatic rings. The number of carbonyl (C=O) groups excluding carboxylic acids is 1. The van der Waals surface area contributed by atoms with Crippen LogP contribution in [0.2, 0.25) is 0 Å². The summed E-state index contributed by atoms with van der Waals surface area (Å²) in [6.45, 7) is 3.68. The first-order valence-corrected chi connectivity index (χ1v) is 6.99. The van der Waals surface area contributed by atoms with E-state index < -0.39 is 0 Å². The molecule has 0 spiro atoms. The number of rotatable bonds is 5. The van der Waals surface area contributed by atoms with E-state index in [-0.39, 0.29) is 5.78 Å². The average molecular weight is 271 g/mol. The van der Waals surface area contributed by atoms with Crippen molar-refractivity contribution >= 4 is 5.78 Å². The van der Waals surface area contributed by atoms with Crippen LogP contribution in [-0.4, -0.2) is 55.9 Å². The van der Waals surface area contributed by atoms with Crippen LogP contribution in [0.3, 0.4) is 0 Å². The van der Waals surface area contributed by atoms with Crippen molar-refractivity contribution in [1.82, 2.24) is 9.80 Å². The van der Waals surface area contributed by atoms with Crippen molar-refractivity contribution < 1.29 is 4.79 Å². The van der Waals surface area contributed by atoms with E-state index in [1.165, 1.54) is 6.42 Å². The number of nitrogens with zero attached hydrogens (tertiary/aromatic N) is 3. The van der Waals surface area contributed by atoms with Crippen molar-refractivity contribution in [2.24, 2.45) is 5.92 Å². The van der Waals surface area contributed by atoms with Gasteiger partial charge >= 0.3 is 0 Å². The molecule has 1 saturated heterocycles. The van der Waals surface area contributed by atoms with E-state index >= 15 is 0 Å². The molecule has 2 rings (SSSR count). The molecule has 0 amide bonds. The van der Waals surface area contributed by atoms with Crippen molar-refractivity contribution in [2.45, 2.75) is 6.42 Å². The van der Waals surface area contributed by atoms with Crippen molar-refractivity contribution in [3.8, 4) is 6.07 Å². The highest BCUT2D eigenvalue weighted by Gasteiger charge is 2.21. The fourth-order valence-corrected chi connectivity index (χ4v) is 2.75. The zero-order valence-corrected chi connectivity index (χ0v) is 12.2. The van der Waals surface area contributed by atoms with E-state index in [2.05, 4.69) is 22.9 Å². The topological polar surface area (TPSA) is 47.3 Å². The molecule has 1 atom stereocenters. The molecule has 4 nitrogen and oxygen atoms in total. The largest absolute Gasteiger partial charge is 0.306 e. The van der Waals surface area contributed by atoms with Gasteiger partial charge < -0.3 is 4.90 Å². The summed E-state index contributed by atoms with van der Waals surface area (Å²) < 4.78 is 0. The summed E-state index contributed by atoms with van der Waals surface area (Å²) >= 11 is 0. The fraction of sp³-hybridized carbons (Fsp3) is 0.500. The summed E-state index contributed by atoms with van der Waals surface area (Å²) in [5.41, 5.74) is 1.27. The molecule has 0 radical (unpaired) electrons. The van der Waals surface area contributed by atoms with Gasteiger partial charge in [-0.05, 0) is 45.1 Å². The smallest absolute Gasteiger partial charge is 0.176 e. The normalized spacial score (nSPS) is 19.2. The molecule has 1 fully saturated rings. The minimum Gasteiger partial charge on any atom is -0.306 e. The molecule has 1 aliphatic heterocycles. The lowest BCUT2D eigenvalue weighted by atomic mass is 10.1. The van der Waals surface area contributed by atoms with Crippen molar-refractivity contribution in [1.29, 1.82) is 5.26 Å². The number of likely N-dealkylation sites (tertiary alicyclic amines) is 1. The Labute approximate surface area is 120 Å². The highest BCUT2D eigenvalue weighted by molar-refractivity contribution is 5.97. The predicted molar refractivity (Wildman–Crippen MR) is 78.6 cm³/mol. The maximum Gasteiger partial charge on any atom is 0.176 e. The Morgan fingerprint density at radius 3 is 2.70 bits per heavy atom. The maximum absolute atomic E-state index is 12.2. The number of hydrogen-bond donors (Lipinski definition) is 0. The van der Waals surface area contributed by atoms with Gasteiger partial charge in [0, 0.05) is 18.7 Å². The second-order valence-electron chi connectivity index (χ2n) is 5.73. The standard InChI is InChI=1S/C16H21N3O/c1-18-8-7-14(10-18)11-19(2)12-16(20)15-5-3-13(9-17)4-6-15/h3-6,14H,7-8,10-12H2,1-2H3. The number of ketones is 1. The molecule has 4 heteroatoms. The van der Waals surface area contributed by atoms with Crippen LogP contribution in [0.4, 0.5) is 0 Å². The van der Waals surface area contributed by atoms with Crippen LogP contribution in [0.15, 0.2) is 24.3 Å². The molecule has 1 aromatic rings. The molecule has 1 aromatic carbocycles. The molecular weight excluding hydrogens is 250 g/mol. The van der Waals surface area contributed by atoms with Crippen molar-refractivity contribution in [3.63, 3.8) is 0 Å². The van der Waals surface area contributed by atoms with Crippen molar-refractivity contribution in [3.05, 3.63) is 35.4 Å². The monoisotopic (exact) mass is 271 g/mol. The number of benzene rings is 1. The van der Waals surface area contributed by atoms with Crippen LogP contribution in [0.1, 0.15) is 22.3 Å². The second-order valence-corrected chi connectivity index (χ2v) is 5.73. The Morgan fingerprint density at radius 2 is 2.15 bits per heavy atom. The molecule has 0 aromatic heterocycles. The third kappa shape index (κ3) is 3.89. The minimum atomic E-state index is 0.114. The SMILES string of the molecule is CN1CCC(CN(C)CC(=O)c2ccc(C#N)cc2)C1. The lowest BCUT2D eigenvalue weighted by Crippen LogP contribution is -2.31. The van der Waals surface area contributed by atoms with E-state index in [1.54, 1.807) is 24.3 Å². The van der Waals surface area contributed by atoms with Gasteiger partial charge in [-0.2, -0.15) is 5.26 Å². The Bertz CT molecular complexity index is 503. The summed E-state index contributed by atoms with van der Waals surface area (Å²) in [4.78, 5) is 16.6. The predicted octanol–water partition coefficient (Wildman–Crippen LogP) is 1.62. The molecular formula is C16H21N3O. The van der Waals surface area contributed by atoms with E-state index in [4.69, 9.17) is 5.26 Å². The van der Waals surface area contributed by atoms with Gasteiger partial charge in [0.1, 0.15) is 0 Å². The highest BCUT2D eigenvalue weighted by atomic mass is 16.1. The van der Waals surface area contributed by atoms with Crippen LogP contribution in [0.25, 0.3) is 0 Å². The maximum atomic E-state index is 12.2. The summed E-state index contributed by atoms with van der Waals surface area (Å²) in [5, 5.41) is 8.75. The van der Waals surface area contributed by atoms with E-state index in [9.17, 15) is 4.79 Å². The fourth-order valence-electron chi connectivity index (χ4n) is 2.75. The number of hydrogen-bond acceptors (Lipinski definition) is 4. The third-order valence-electron chi connectivity index (χ3n) is 3.81. The lowest BCUT2D eigenvalue weighted by molar-refractivity contribution is 0.0938. The molecule has 1 unspecified atom stereocenters. The summed E-state index contributed by atoms with van der Waals surface area (Å²) in [5.74, 6) is 0.780. The van der Waals surface area contributed by atoms with Crippen LogP contribution in [-0.2, 0) is 0 Å². The first kappa shape index (κ1) is 14.7. The van der Waals surface area contributed by atoms with Gasteiger partial charge in [0.2, 0.25) is 0 Å². The van der Waals surface area contributed by atoms with Crippen LogP contribution >= 0.6 is 0 Å². The molecule has 0 bridgehead atoms. The molecule has 0 saturated carbocycles. The van der Waals surface area contributed by atoms with Gasteiger partial charge in [-0.15, -0.1) is 0 Å². The number of likely N-dealkylation sites (N-methyl/N-ethyl adjacent to an activating group) is 1. The van der Waals surface area contributed by atoms with E-state index in [0.717, 1.165) is 19.6 Å². The molecule has 1 heterocycles. The number of nitriles is 1. The zero-order chi connectivity index (χ0) is 14.5. The Morgan fingerprint density at radius 1 is 1.45 bits per heavy atom. The summed E-state index contributed by atoms with van der Waals surface area (Å²) in [7, 11) is 4.14. The van der Waals surface area contributed by atoms with Gasteiger partial charge in [-0.1, -0.05) is 12.1 Å². The first-order valence-electron chi connectivity index (χ1n) is 6.99. The van der Waals surface area contributed by atoms with Crippen LogP contribution in [0, 0.1) is 17.2 Å². The van der Waals surface area contributed by atoms with Gasteiger partial charge in [0.25, 0.3) is 0 Å². The molecule has 0 N–H and O–H groups in total. The molecule has 0 aliphatic carbocycles.